The van der Waals surface area contributed by atoms with Gasteiger partial charge in [0.15, 0.2) is 0 Å². The molecule has 8 nitrogen and oxygen atoms in total. The van der Waals surface area contributed by atoms with E-state index in [0.717, 1.165) is 9.87 Å². The van der Waals surface area contributed by atoms with E-state index in [1.54, 1.807) is 13.0 Å². The lowest BCUT2D eigenvalue weighted by Crippen LogP contribution is -2.39. The summed E-state index contributed by atoms with van der Waals surface area (Å²) in [5.74, 6) is -0.508. The van der Waals surface area contributed by atoms with Gasteiger partial charge in [0.25, 0.3) is 0 Å². The number of sulfonamides is 1. The summed E-state index contributed by atoms with van der Waals surface area (Å²) in [6.07, 6.45) is 0.440. The number of nitrogens with one attached hydrogen (secondary N) is 1. The molecule has 0 radical (unpaired) electrons. The third kappa shape index (κ3) is 6.21. The smallest absolute Gasteiger partial charge is 0.248 e. The molecule has 3 aromatic carbocycles. The number of rotatable bonds is 10. The van der Waals surface area contributed by atoms with Gasteiger partial charge in [-0.25, -0.2) is 8.42 Å². The maximum Gasteiger partial charge on any atom is 0.248 e. The SMILES string of the molecule is COc1ccc(S(=O)(=O)N(CCc2ccccc2)CC(=O)Nc2ccc(C(N)=O)cc2)cc1C. The fourth-order valence-corrected chi connectivity index (χ4v) is 4.90. The third-order valence-corrected chi connectivity index (χ3v) is 7.11. The first-order valence-corrected chi connectivity index (χ1v) is 12.0. The lowest BCUT2D eigenvalue weighted by molar-refractivity contribution is -0.116. The number of ether oxygens (including phenoxy) is 1. The van der Waals surface area contributed by atoms with Crippen LogP contribution in [0.2, 0.25) is 0 Å². The highest BCUT2D eigenvalue weighted by molar-refractivity contribution is 7.89. The first-order valence-electron chi connectivity index (χ1n) is 10.6. The molecule has 0 spiro atoms. The molecule has 9 heteroatoms. The molecular weight excluding hydrogens is 454 g/mol. The third-order valence-electron chi connectivity index (χ3n) is 5.27. The average molecular weight is 482 g/mol. The Morgan fingerprint density at radius 2 is 1.68 bits per heavy atom. The molecule has 0 aliphatic rings. The number of hydrogen-bond donors (Lipinski definition) is 2. The molecule has 0 saturated carbocycles. The Balaban J connectivity index is 1.82. The van der Waals surface area contributed by atoms with Crippen molar-refractivity contribution in [3.8, 4) is 5.75 Å². The fraction of sp³-hybridized carbons (Fsp3) is 0.200. The van der Waals surface area contributed by atoms with Crippen LogP contribution in [-0.4, -0.2) is 44.7 Å². The van der Waals surface area contributed by atoms with Crippen molar-refractivity contribution in [3.05, 3.63) is 89.5 Å². The van der Waals surface area contributed by atoms with Crippen LogP contribution in [0.1, 0.15) is 21.5 Å². The zero-order valence-electron chi connectivity index (χ0n) is 19.0. The molecule has 3 rings (SSSR count). The normalized spacial score (nSPS) is 11.3. The second kappa shape index (κ2) is 11.0. The number of carbonyl (C=O) groups is 2. The minimum absolute atomic E-state index is 0.0810. The number of nitrogens with two attached hydrogens (primary N) is 1. The summed E-state index contributed by atoms with van der Waals surface area (Å²) in [7, 11) is -2.45. The summed E-state index contributed by atoms with van der Waals surface area (Å²) in [6.45, 7) is 1.50. The first kappa shape index (κ1) is 24.9. The first-order chi connectivity index (χ1) is 16.2. The van der Waals surface area contributed by atoms with Crippen molar-refractivity contribution in [2.24, 2.45) is 5.73 Å². The van der Waals surface area contributed by atoms with Crippen LogP contribution in [0.3, 0.4) is 0 Å². The Bertz CT molecular complexity index is 1260. The van der Waals surface area contributed by atoms with Crippen LogP contribution in [0.4, 0.5) is 5.69 Å². The molecule has 0 aliphatic heterocycles. The molecule has 0 atom stereocenters. The number of aryl methyl sites for hydroxylation is 1. The highest BCUT2D eigenvalue weighted by Gasteiger charge is 2.27. The number of amides is 2. The van der Waals surface area contributed by atoms with Gasteiger partial charge >= 0.3 is 0 Å². The molecule has 178 valence electrons. The van der Waals surface area contributed by atoms with Crippen LogP contribution in [0, 0.1) is 6.92 Å². The van der Waals surface area contributed by atoms with E-state index in [4.69, 9.17) is 10.5 Å². The van der Waals surface area contributed by atoms with E-state index in [-0.39, 0.29) is 18.0 Å². The van der Waals surface area contributed by atoms with Crippen molar-refractivity contribution in [1.29, 1.82) is 0 Å². The maximum absolute atomic E-state index is 13.5. The van der Waals surface area contributed by atoms with Crippen LogP contribution in [0.15, 0.2) is 77.7 Å². The quantitative estimate of drug-likeness (QED) is 0.461. The number of carbonyl (C=O) groups excluding carboxylic acids is 2. The van der Waals surface area contributed by atoms with Gasteiger partial charge in [-0.05, 0) is 66.9 Å². The van der Waals surface area contributed by atoms with Gasteiger partial charge in [0.05, 0.1) is 18.6 Å². The van der Waals surface area contributed by atoms with Crippen LogP contribution in [0.5, 0.6) is 5.75 Å². The summed E-state index contributed by atoms with van der Waals surface area (Å²) in [5, 5.41) is 2.67. The molecule has 3 aromatic rings. The Hall–Kier alpha value is -3.69. The minimum atomic E-state index is -3.97. The zero-order chi connectivity index (χ0) is 24.7. The van der Waals surface area contributed by atoms with E-state index in [1.165, 1.54) is 43.5 Å². The molecule has 0 bridgehead atoms. The van der Waals surface area contributed by atoms with Gasteiger partial charge in [-0.1, -0.05) is 30.3 Å². The van der Waals surface area contributed by atoms with E-state index in [9.17, 15) is 18.0 Å². The predicted molar refractivity (Wildman–Crippen MR) is 130 cm³/mol. The number of nitrogens with zero attached hydrogens (tertiary/aromatic N) is 1. The van der Waals surface area contributed by atoms with E-state index >= 15 is 0 Å². The molecule has 0 unspecified atom stereocenters. The summed E-state index contributed by atoms with van der Waals surface area (Å²) >= 11 is 0. The Morgan fingerprint density at radius 3 is 2.26 bits per heavy atom. The van der Waals surface area contributed by atoms with E-state index in [2.05, 4.69) is 5.32 Å². The minimum Gasteiger partial charge on any atom is -0.496 e. The van der Waals surface area contributed by atoms with Crippen molar-refractivity contribution < 1.29 is 22.7 Å². The van der Waals surface area contributed by atoms with Gasteiger partial charge in [-0.3, -0.25) is 9.59 Å². The molecule has 3 N–H and O–H groups in total. The van der Waals surface area contributed by atoms with Crippen LogP contribution in [0.25, 0.3) is 0 Å². The van der Waals surface area contributed by atoms with Crippen molar-refractivity contribution >= 4 is 27.5 Å². The number of hydrogen-bond acceptors (Lipinski definition) is 5. The number of primary amides is 1. The van der Waals surface area contributed by atoms with Gasteiger partial charge in [0.1, 0.15) is 5.75 Å². The number of anilines is 1. The van der Waals surface area contributed by atoms with E-state index < -0.39 is 21.8 Å². The molecular formula is C25H27N3O5S. The van der Waals surface area contributed by atoms with Crippen LogP contribution >= 0.6 is 0 Å². The molecule has 0 heterocycles. The highest BCUT2D eigenvalue weighted by atomic mass is 32.2. The Kier molecular flexibility index (Phi) is 8.04. The number of methoxy groups -OCH3 is 1. The summed E-state index contributed by atoms with van der Waals surface area (Å²) in [5.41, 5.74) is 7.60. The monoisotopic (exact) mass is 481 g/mol. The van der Waals surface area contributed by atoms with Crippen molar-refractivity contribution in [2.75, 3.05) is 25.5 Å². The standard InChI is InChI=1S/C25H27N3O5S/c1-18-16-22(12-13-23(18)33-2)34(31,32)28(15-14-19-6-4-3-5-7-19)17-24(29)27-21-10-8-20(9-11-21)25(26)30/h3-13,16H,14-15,17H2,1-2H3,(H2,26,30)(H,27,29). The lowest BCUT2D eigenvalue weighted by Gasteiger charge is -2.22. The topological polar surface area (TPSA) is 119 Å². The van der Waals surface area contributed by atoms with E-state index in [1.807, 2.05) is 30.3 Å². The summed E-state index contributed by atoms with van der Waals surface area (Å²) in [6, 6.07) is 20.1. The second-order valence-corrected chi connectivity index (χ2v) is 9.63. The second-order valence-electron chi connectivity index (χ2n) is 7.70. The lowest BCUT2D eigenvalue weighted by atomic mass is 10.1. The molecule has 34 heavy (non-hydrogen) atoms. The molecule has 2 amide bonds. The molecule has 0 aliphatic carbocycles. The van der Waals surface area contributed by atoms with Crippen LogP contribution in [-0.2, 0) is 21.2 Å². The molecule has 0 saturated heterocycles. The maximum atomic E-state index is 13.5. The summed E-state index contributed by atoms with van der Waals surface area (Å²) < 4.78 is 33.3. The van der Waals surface area contributed by atoms with Crippen molar-refractivity contribution in [1.82, 2.24) is 4.31 Å². The van der Waals surface area contributed by atoms with Crippen molar-refractivity contribution in [2.45, 2.75) is 18.2 Å². The van der Waals surface area contributed by atoms with Gasteiger partial charge in [-0.15, -0.1) is 0 Å². The van der Waals surface area contributed by atoms with Gasteiger partial charge in [0.2, 0.25) is 21.8 Å². The van der Waals surface area contributed by atoms with E-state index in [0.29, 0.717) is 29.0 Å². The summed E-state index contributed by atoms with van der Waals surface area (Å²) in [4.78, 5) is 24.1. The molecule has 0 fully saturated rings. The Labute approximate surface area is 199 Å². The number of benzene rings is 3. The van der Waals surface area contributed by atoms with Gasteiger partial charge < -0.3 is 15.8 Å². The van der Waals surface area contributed by atoms with Gasteiger partial charge in [0, 0.05) is 17.8 Å². The average Bonchev–Trinajstić information content (AvgIpc) is 2.82. The van der Waals surface area contributed by atoms with Crippen molar-refractivity contribution in [3.63, 3.8) is 0 Å². The predicted octanol–water partition coefficient (Wildman–Crippen LogP) is 2.97. The Morgan fingerprint density at radius 1 is 1.00 bits per heavy atom. The fourth-order valence-electron chi connectivity index (χ4n) is 3.42. The largest absolute Gasteiger partial charge is 0.496 e. The molecule has 0 aromatic heterocycles. The highest BCUT2D eigenvalue weighted by Crippen LogP contribution is 2.24. The zero-order valence-corrected chi connectivity index (χ0v) is 19.8. The van der Waals surface area contributed by atoms with Crippen LogP contribution < -0.4 is 15.8 Å². The van der Waals surface area contributed by atoms with Gasteiger partial charge in [-0.2, -0.15) is 4.31 Å².